The van der Waals surface area contributed by atoms with E-state index in [1.807, 2.05) is 54.7 Å². The molecule has 0 fully saturated rings. The third-order valence-corrected chi connectivity index (χ3v) is 9.04. The van der Waals surface area contributed by atoms with Crippen LogP contribution >= 0.6 is 0 Å². The van der Waals surface area contributed by atoms with Crippen LogP contribution in [0.1, 0.15) is 168 Å². The second-order valence-electron chi connectivity index (χ2n) is 14.1. The predicted molar refractivity (Wildman–Crippen MR) is 231 cm³/mol. The molecular weight excluding hydrogens is 671 g/mol. The zero-order valence-corrected chi connectivity index (χ0v) is 34.6. The fourth-order valence-corrected chi connectivity index (χ4v) is 5.82. The number of hydrogen-bond acceptors (Lipinski definition) is 5. The zero-order valence-electron chi connectivity index (χ0n) is 34.6. The van der Waals surface area contributed by atoms with Crippen LogP contribution in [0.3, 0.4) is 0 Å². The van der Waals surface area contributed by atoms with Gasteiger partial charge in [-0.1, -0.05) is 182 Å². The number of hydrogen-bond donors (Lipinski definition) is 3. The Labute approximate surface area is 331 Å². The Morgan fingerprint density at radius 3 is 1.70 bits per heavy atom. The fourth-order valence-electron chi connectivity index (χ4n) is 5.82. The summed E-state index contributed by atoms with van der Waals surface area (Å²) in [5, 5.41) is 23.5. The van der Waals surface area contributed by atoms with Crippen LogP contribution in [0, 0.1) is 0 Å². The van der Waals surface area contributed by atoms with Crippen molar-refractivity contribution in [1.29, 1.82) is 0 Å². The lowest BCUT2D eigenvalue weighted by Gasteiger charge is -2.24. The smallest absolute Gasteiger partial charge is 0.306 e. The van der Waals surface area contributed by atoms with Crippen LogP contribution in [0.2, 0.25) is 0 Å². The first kappa shape index (κ1) is 50.8. The molecule has 6 nitrogen and oxygen atoms in total. The van der Waals surface area contributed by atoms with E-state index in [2.05, 4.69) is 68.6 Å². The van der Waals surface area contributed by atoms with Crippen molar-refractivity contribution in [2.75, 3.05) is 6.61 Å². The summed E-state index contributed by atoms with van der Waals surface area (Å²) >= 11 is 0. The molecule has 1 amide bonds. The van der Waals surface area contributed by atoms with Gasteiger partial charge in [0.15, 0.2) is 0 Å². The monoisotopic (exact) mass is 750 g/mol. The fraction of sp³-hybridized carbons (Fsp3) is 0.625. The van der Waals surface area contributed by atoms with E-state index in [1.54, 1.807) is 0 Å². The van der Waals surface area contributed by atoms with Crippen molar-refractivity contribution in [3.8, 4) is 0 Å². The molecule has 0 bridgehead atoms. The highest BCUT2D eigenvalue weighted by molar-refractivity contribution is 5.77. The lowest BCUT2D eigenvalue weighted by molar-refractivity contribution is -0.151. The molecule has 3 atom stereocenters. The van der Waals surface area contributed by atoms with Crippen molar-refractivity contribution in [1.82, 2.24) is 5.32 Å². The first-order valence-electron chi connectivity index (χ1n) is 21.5. The van der Waals surface area contributed by atoms with Gasteiger partial charge in [0.1, 0.15) is 6.10 Å². The van der Waals surface area contributed by atoms with Crippen LogP contribution in [0.25, 0.3) is 0 Å². The number of unbranched alkanes of at least 4 members (excludes halogenated alkanes) is 12. The van der Waals surface area contributed by atoms with Gasteiger partial charge in [0, 0.05) is 6.42 Å². The van der Waals surface area contributed by atoms with Crippen molar-refractivity contribution in [3.05, 3.63) is 97.2 Å². The molecule has 0 rings (SSSR count). The Morgan fingerprint density at radius 2 is 1.09 bits per heavy atom. The van der Waals surface area contributed by atoms with E-state index in [9.17, 15) is 19.8 Å². The molecule has 0 radical (unpaired) electrons. The standard InChI is InChI=1S/C48H79NO5/c1-4-7-10-13-16-19-22-24-26-29-32-35-38-41-48(53)54-44(39-36-33-30-27-25-23-20-17-14-11-8-5-2)42-47(52)49-45(43-50)46(51)40-37-34-31-28-21-18-15-12-9-6-3/h7-8,10-11,13,16-17,19-20,22,24-27,29,32,44-46,50-51H,4-6,9,12,14-15,18,21,23,28,30-31,33-43H2,1-3H3,(H,49,52)/b10-7+,11-8+,16-13+,20-17+,22-19-,26-24-,27-25+,32-29+. The van der Waals surface area contributed by atoms with Crippen LogP contribution in [-0.2, 0) is 14.3 Å². The number of ether oxygens (including phenoxy) is 1. The van der Waals surface area contributed by atoms with Crippen LogP contribution in [0.15, 0.2) is 97.2 Å². The summed E-state index contributed by atoms with van der Waals surface area (Å²) in [4.78, 5) is 25.9. The largest absolute Gasteiger partial charge is 0.462 e. The Kier molecular flexibility index (Phi) is 38.5. The summed E-state index contributed by atoms with van der Waals surface area (Å²) in [7, 11) is 0. The van der Waals surface area contributed by atoms with E-state index < -0.39 is 18.2 Å². The number of allylic oxidation sites excluding steroid dienone is 16. The second kappa shape index (κ2) is 41.0. The number of amides is 1. The van der Waals surface area contributed by atoms with Gasteiger partial charge in [-0.2, -0.15) is 0 Å². The van der Waals surface area contributed by atoms with Crippen molar-refractivity contribution in [2.24, 2.45) is 0 Å². The first-order chi connectivity index (χ1) is 26.5. The summed E-state index contributed by atoms with van der Waals surface area (Å²) in [6, 6.07) is -0.731. The minimum Gasteiger partial charge on any atom is -0.462 e. The number of rotatable bonds is 36. The zero-order chi connectivity index (χ0) is 39.6. The van der Waals surface area contributed by atoms with Gasteiger partial charge in [-0.05, 0) is 70.6 Å². The molecule has 54 heavy (non-hydrogen) atoms. The molecule has 6 heteroatoms. The van der Waals surface area contributed by atoms with E-state index >= 15 is 0 Å². The van der Waals surface area contributed by atoms with E-state index in [-0.39, 0.29) is 31.3 Å². The molecule has 0 saturated heterocycles. The SMILES string of the molecule is CC/C=C/C=C/C=C\C=C/C=C/CCCC(=O)OC(CCCC/C=C/C/C=C/C/C=C/CC)CC(=O)NC(CO)C(O)CCCCCCCCCCCC. The molecule has 0 saturated carbocycles. The molecular formula is C48H79NO5. The van der Waals surface area contributed by atoms with E-state index in [4.69, 9.17) is 4.74 Å². The minimum absolute atomic E-state index is 0.0165. The molecule has 3 N–H and O–H groups in total. The van der Waals surface area contributed by atoms with Gasteiger partial charge in [0.05, 0.1) is 25.2 Å². The summed E-state index contributed by atoms with van der Waals surface area (Å²) in [6.45, 7) is 6.14. The van der Waals surface area contributed by atoms with E-state index in [0.29, 0.717) is 19.3 Å². The van der Waals surface area contributed by atoms with Crippen molar-refractivity contribution in [2.45, 2.75) is 187 Å². The van der Waals surface area contributed by atoms with Gasteiger partial charge < -0.3 is 20.3 Å². The average Bonchev–Trinajstić information content (AvgIpc) is 3.16. The van der Waals surface area contributed by atoms with Gasteiger partial charge in [0.25, 0.3) is 0 Å². The third-order valence-electron chi connectivity index (χ3n) is 9.04. The van der Waals surface area contributed by atoms with Gasteiger partial charge >= 0.3 is 5.97 Å². The van der Waals surface area contributed by atoms with Crippen molar-refractivity contribution < 1.29 is 24.5 Å². The van der Waals surface area contributed by atoms with Crippen LogP contribution in [0.4, 0.5) is 0 Å². The topological polar surface area (TPSA) is 95.9 Å². The maximum Gasteiger partial charge on any atom is 0.306 e. The Hall–Kier alpha value is -3.22. The minimum atomic E-state index is -0.813. The second-order valence-corrected chi connectivity index (χ2v) is 14.1. The van der Waals surface area contributed by atoms with Gasteiger partial charge in [0.2, 0.25) is 5.91 Å². The summed E-state index contributed by atoms with van der Waals surface area (Å²) in [5.74, 6) is -0.616. The number of esters is 1. The predicted octanol–water partition coefficient (Wildman–Crippen LogP) is 12.2. The highest BCUT2D eigenvalue weighted by atomic mass is 16.5. The van der Waals surface area contributed by atoms with Crippen LogP contribution in [0.5, 0.6) is 0 Å². The van der Waals surface area contributed by atoms with Gasteiger partial charge in [-0.15, -0.1) is 0 Å². The molecule has 3 unspecified atom stereocenters. The van der Waals surface area contributed by atoms with E-state index in [1.165, 1.54) is 44.9 Å². The van der Waals surface area contributed by atoms with E-state index in [0.717, 1.165) is 70.6 Å². The number of carbonyl (C=O) groups excluding carboxylic acids is 2. The highest BCUT2D eigenvalue weighted by Gasteiger charge is 2.23. The van der Waals surface area contributed by atoms with Gasteiger partial charge in [-0.25, -0.2) is 0 Å². The lowest BCUT2D eigenvalue weighted by atomic mass is 10.0. The van der Waals surface area contributed by atoms with Crippen LogP contribution in [-0.4, -0.2) is 46.9 Å². The molecule has 0 aromatic rings. The molecule has 0 heterocycles. The maximum absolute atomic E-state index is 13.1. The lowest BCUT2D eigenvalue weighted by Crippen LogP contribution is -2.46. The normalized spacial score (nSPS) is 14.4. The average molecular weight is 750 g/mol. The maximum atomic E-state index is 13.1. The third kappa shape index (κ3) is 35.8. The molecule has 0 aliphatic carbocycles. The van der Waals surface area contributed by atoms with Gasteiger partial charge in [-0.3, -0.25) is 9.59 Å². The number of aliphatic hydroxyl groups excluding tert-OH is 2. The first-order valence-corrected chi connectivity index (χ1v) is 21.5. The molecule has 0 aromatic carbocycles. The molecule has 0 aliphatic rings. The summed E-state index contributed by atoms with van der Waals surface area (Å²) in [6.07, 6.45) is 53.3. The quantitative estimate of drug-likeness (QED) is 0.0256. The van der Waals surface area contributed by atoms with Crippen LogP contribution < -0.4 is 5.32 Å². The number of carbonyl (C=O) groups is 2. The van der Waals surface area contributed by atoms with Crippen molar-refractivity contribution >= 4 is 11.9 Å². The summed E-state index contributed by atoms with van der Waals surface area (Å²) in [5.41, 5.74) is 0. The molecule has 0 aliphatic heterocycles. The molecule has 0 spiro atoms. The number of aliphatic hydroxyl groups is 2. The molecule has 0 aromatic heterocycles. The van der Waals surface area contributed by atoms with Crippen molar-refractivity contribution in [3.63, 3.8) is 0 Å². The molecule has 306 valence electrons. The number of nitrogens with one attached hydrogen (secondary N) is 1. The highest BCUT2D eigenvalue weighted by Crippen LogP contribution is 2.16. The summed E-state index contributed by atoms with van der Waals surface area (Å²) < 4.78 is 5.83. The Bertz CT molecular complexity index is 1110. The Balaban J connectivity index is 4.83. The Morgan fingerprint density at radius 1 is 0.574 bits per heavy atom.